The molecule has 1 amide bonds. The van der Waals surface area contributed by atoms with Gasteiger partial charge in [0, 0.05) is 24.0 Å². The summed E-state index contributed by atoms with van der Waals surface area (Å²) >= 11 is 0. The number of piperidine rings is 1. The van der Waals surface area contributed by atoms with Gasteiger partial charge in [-0.25, -0.2) is 0 Å². The van der Waals surface area contributed by atoms with E-state index in [0.29, 0.717) is 24.6 Å². The number of aromatic amines is 1. The van der Waals surface area contributed by atoms with E-state index < -0.39 is 6.36 Å². The molecule has 1 saturated heterocycles. The molecule has 3 aromatic carbocycles. The first kappa shape index (κ1) is 23.9. The van der Waals surface area contributed by atoms with E-state index in [0.717, 1.165) is 46.9 Å². The Hall–Kier alpha value is -3.81. The third-order valence-corrected chi connectivity index (χ3v) is 6.80. The fraction of sp³-hybridized carbons (Fsp3) is 0.286. The van der Waals surface area contributed by atoms with Gasteiger partial charge < -0.3 is 9.64 Å². The maximum absolute atomic E-state index is 13.5. The maximum Gasteiger partial charge on any atom is 0.573 e. The summed E-state index contributed by atoms with van der Waals surface area (Å²) in [6.45, 7) is 3.28. The van der Waals surface area contributed by atoms with Crippen LogP contribution in [0.15, 0.2) is 66.9 Å². The molecule has 1 aliphatic rings. The van der Waals surface area contributed by atoms with Crippen molar-refractivity contribution >= 4 is 16.8 Å². The number of nitrogens with zero attached hydrogens (tertiary/aromatic N) is 2. The number of hydrogen-bond acceptors (Lipinski definition) is 3. The molecule has 8 heteroatoms. The Labute approximate surface area is 206 Å². The molecule has 1 fully saturated rings. The predicted molar refractivity (Wildman–Crippen MR) is 132 cm³/mol. The van der Waals surface area contributed by atoms with Crippen molar-refractivity contribution < 1.29 is 22.7 Å². The SMILES string of the molecule is Cc1c(C(=O)N2CCCC(Cc3ccc4[nH]ncc4c3)C2)cccc1-c1ccc(OC(F)(F)F)cc1. The van der Waals surface area contributed by atoms with Crippen LogP contribution in [-0.4, -0.2) is 40.5 Å². The van der Waals surface area contributed by atoms with E-state index in [-0.39, 0.29) is 11.7 Å². The molecule has 0 spiro atoms. The van der Waals surface area contributed by atoms with Gasteiger partial charge in [-0.15, -0.1) is 13.2 Å². The molecule has 1 atom stereocenters. The molecule has 0 radical (unpaired) electrons. The van der Waals surface area contributed by atoms with Gasteiger partial charge in [-0.05, 0) is 84.7 Å². The molecule has 5 rings (SSSR count). The lowest BCUT2D eigenvalue weighted by molar-refractivity contribution is -0.274. The van der Waals surface area contributed by atoms with Gasteiger partial charge in [-0.2, -0.15) is 5.10 Å². The summed E-state index contributed by atoms with van der Waals surface area (Å²) in [5, 5.41) is 8.14. The van der Waals surface area contributed by atoms with Crippen molar-refractivity contribution in [3.05, 3.63) is 83.6 Å². The second-order valence-electron chi connectivity index (χ2n) is 9.31. The zero-order valence-corrected chi connectivity index (χ0v) is 19.8. The smallest absolute Gasteiger partial charge is 0.406 e. The van der Waals surface area contributed by atoms with Crippen LogP contribution in [0.4, 0.5) is 13.2 Å². The van der Waals surface area contributed by atoms with Gasteiger partial charge in [0.25, 0.3) is 5.91 Å². The van der Waals surface area contributed by atoms with Crippen LogP contribution in [0.3, 0.4) is 0 Å². The number of H-pyrrole nitrogens is 1. The Morgan fingerprint density at radius 2 is 1.94 bits per heavy atom. The lowest BCUT2D eigenvalue weighted by atomic mass is 9.90. The fourth-order valence-electron chi connectivity index (χ4n) is 5.06. The number of rotatable bonds is 5. The number of carbonyl (C=O) groups is 1. The van der Waals surface area contributed by atoms with Gasteiger partial charge in [0.05, 0.1) is 11.7 Å². The summed E-state index contributed by atoms with van der Waals surface area (Å²) in [5.41, 5.74) is 5.20. The molecule has 5 nitrogen and oxygen atoms in total. The number of halogens is 3. The van der Waals surface area contributed by atoms with Crippen LogP contribution >= 0.6 is 0 Å². The zero-order valence-electron chi connectivity index (χ0n) is 19.8. The molecule has 36 heavy (non-hydrogen) atoms. The highest BCUT2D eigenvalue weighted by atomic mass is 19.4. The number of nitrogens with one attached hydrogen (secondary N) is 1. The van der Waals surface area contributed by atoms with Gasteiger partial charge >= 0.3 is 6.36 Å². The van der Waals surface area contributed by atoms with E-state index >= 15 is 0 Å². The summed E-state index contributed by atoms with van der Waals surface area (Å²) in [5.74, 6) is 0.0838. The van der Waals surface area contributed by atoms with Crippen molar-refractivity contribution in [2.24, 2.45) is 5.92 Å². The number of alkyl halides is 3. The predicted octanol–water partition coefficient (Wildman–Crippen LogP) is 6.53. The average molecular weight is 494 g/mol. The van der Waals surface area contributed by atoms with Crippen LogP contribution in [-0.2, 0) is 6.42 Å². The van der Waals surface area contributed by atoms with E-state index in [2.05, 4.69) is 27.1 Å². The quantitative estimate of drug-likeness (QED) is 0.344. The number of amides is 1. The lowest BCUT2D eigenvalue weighted by Crippen LogP contribution is -2.40. The van der Waals surface area contributed by atoms with E-state index in [1.54, 1.807) is 12.1 Å². The van der Waals surface area contributed by atoms with Crippen molar-refractivity contribution in [2.75, 3.05) is 13.1 Å². The first-order valence-electron chi connectivity index (χ1n) is 11.9. The molecular formula is C28H26F3N3O2. The summed E-state index contributed by atoms with van der Waals surface area (Å²) in [6, 6.07) is 17.5. The summed E-state index contributed by atoms with van der Waals surface area (Å²) < 4.78 is 41.4. The van der Waals surface area contributed by atoms with Crippen LogP contribution < -0.4 is 4.74 Å². The lowest BCUT2D eigenvalue weighted by Gasteiger charge is -2.33. The van der Waals surface area contributed by atoms with Crippen LogP contribution in [0, 0.1) is 12.8 Å². The summed E-state index contributed by atoms with van der Waals surface area (Å²) in [4.78, 5) is 15.4. The Kier molecular flexibility index (Phi) is 6.43. The third kappa shape index (κ3) is 5.22. The van der Waals surface area contributed by atoms with Gasteiger partial charge in [0.1, 0.15) is 5.75 Å². The van der Waals surface area contributed by atoms with Gasteiger partial charge in [0.15, 0.2) is 0 Å². The number of fused-ring (bicyclic) bond motifs is 1. The first-order valence-corrected chi connectivity index (χ1v) is 11.9. The third-order valence-electron chi connectivity index (χ3n) is 6.80. The van der Waals surface area contributed by atoms with Crippen molar-refractivity contribution in [2.45, 2.75) is 32.5 Å². The minimum Gasteiger partial charge on any atom is -0.406 e. The van der Waals surface area contributed by atoms with Crippen molar-refractivity contribution in [3.8, 4) is 16.9 Å². The number of carbonyl (C=O) groups excluding carboxylic acids is 1. The Bertz CT molecular complexity index is 1380. The number of benzene rings is 3. The molecule has 2 heterocycles. The van der Waals surface area contributed by atoms with Crippen LogP contribution in [0.1, 0.15) is 34.3 Å². The largest absolute Gasteiger partial charge is 0.573 e. The fourth-order valence-corrected chi connectivity index (χ4v) is 5.06. The van der Waals surface area contributed by atoms with Crippen LogP contribution in [0.5, 0.6) is 5.75 Å². The molecule has 0 bridgehead atoms. The van der Waals surface area contributed by atoms with Crippen LogP contribution in [0.2, 0.25) is 0 Å². The Morgan fingerprint density at radius 3 is 2.72 bits per heavy atom. The Morgan fingerprint density at radius 1 is 1.14 bits per heavy atom. The maximum atomic E-state index is 13.5. The molecule has 1 aliphatic heterocycles. The first-order chi connectivity index (χ1) is 17.3. The standard InChI is InChI=1S/C28H26F3N3O2/c1-18-24(21-8-10-23(11-9-21)36-28(29,30)31)5-2-6-25(18)27(35)34-13-3-4-20(17-34)14-19-7-12-26-22(15-19)16-32-33-26/h2,5-12,15-16,20H,3-4,13-14,17H2,1H3,(H,32,33). The normalized spacial score (nSPS) is 16.3. The topological polar surface area (TPSA) is 58.2 Å². The molecule has 186 valence electrons. The van der Waals surface area contributed by atoms with E-state index in [1.165, 1.54) is 17.7 Å². The Balaban J connectivity index is 1.31. The number of aromatic nitrogens is 2. The minimum absolute atomic E-state index is 0.0126. The second-order valence-corrected chi connectivity index (χ2v) is 9.31. The monoisotopic (exact) mass is 493 g/mol. The van der Waals surface area contributed by atoms with E-state index in [9.17, 15) is 18.0 Å². The molecule has 0 aliphatic carbocycles. The van der Waals surface area contributed by atoms with Crippen molar-refractivity contribution in [1.82, 2.24) is 15.1 Å². The average Bonchev–Trinajstić information content (AvgIpc) is 3.32. The second kappa shape index (κ2) is 9.68. The number of ether oxygens (including phenoxy) is 1. The van der Waals surface area contributed by atoms with Gasteiger partial charge in [0.2, 0.25) is 0 Å². The highest BCUT2D eigenvalue weighted by Crippen LogP contribution is 2.31. The van der Waals surface area contributed by atoms with E-state index in [4.69, 9.17) is 0 Å². The highest BCUT2D eigenvalue weighted by molar-refractivity contribution is 5.97. The minimum atomic E-state index is -4.73. The number of hydrogen-bond donors (Lipinski definition) is 1. The molecule has 1 aromatic heterocycles. The molecular weight excluding hydrogens is 467 g/mol. The highest BCUT2D eigenvalue weighted by Gasteiger charge is 2.31. The van der Waals surface area contributed by atoms with Crippen molar-refractivity contribution in [3.63, 3.8) is 0 Å². The molecule has 4 aromatic rings. The van der Waals surface area contributed by atoms with Gasteiger partial charge in [-0.1, -0.05) is 30.3 Å². The van der Waals surface area contributed by atoms with Gasteiger partial charge in [-0.3, -0.25) is 9.89 Å². The molecule has 1 N–H and O–H groups in total. The van der Waals surface area contributed by atoms with Crippen LogP contribution in [0.25, 0.3) is 22.0 Å². The van der Waals surface area contributed by atoms with Crippen molar-refractivity contribution in [1.29, 1.82) is 0 Å². The summed E-state index contributed by atoms with van der Waals surface area (Å²) in [6.07, 6.45) is 0.00284. The summed E-state index contributed by atoms with van der Waals surface area (Å²) in [7, 11) is 0. The molecule has 1 unspecified atom stereocenters. The number of likely N-dealkylation sites (tertiary alicyclic amines) is 1. The molecule has 0 saturated carbocycles. The van der Waals surface area contributed by atoms with E-state index in [1.807, 2.05) is 42.3 Å². The zero-order chi connectivity index (χ0) is 25.3.